The maximum atomic E-state index is 12.4. The first-order valence-corrected chi connectivity index (χ1v) is 7.39. The minimum absolute atomic E-state index is 0.181. The van der Waals surface area contributed by atoms with Crippen molar-refractivity contribution in [2.75, 3.05) is 11.9 Å². The second-order valence-electron chi connectivity index (χ2n) is 5.97. The Morgan fingerprint density at radius 2 is 1.61 bits per heavy atom. The summed E-state index contributed by atoms with van der Waals surface area (Å²) in [5.41, 5.74) is 6.64. The number of nitrogens with one attached hydrogen (secondary N) is 2. The number of hydrogen-bond acceptors (Lipinski definition) is 3. The van der Waals surface area contributed by atoms with Gasteiger partial charge in [-0.3, -0.25) is 9.59 Å². The zero-order chi connectivity index (χ0) is 16.9. The highest BCUT2D eigenvalue weighted by molar-refractivity contribution is 6.00. The third kappa shape index (κ3) is 4.32. The van der Waals surface area contributed by atoms with Gasteiger partial charge < -0.3 is 16.4 Å². The van der Waals surface area contributed by atoms with E-state index in [1.165, 1.54) is 0 Å². The summed E-state index contributed by atoms with van der Waals surface area (Å²) in [5, 5.41) is 5.99. The van der Waals surface area contributed by atoms with Gasteiger partial charge >= 0.3 is 0 Å². The summed E-state index contributed by atoms with van der Waals surface area (Å²) < 4.78 is 0. The van der Waals surface area contributed by atoms with Gasteiger partial charge in [0.05, 0.1) is 16.7 Å². The van der Waals surface area contributed by atoms with Crippen LogP contribution in [-0.4, -0.2) is 18.4 Å². The fourth-order valence-corrected chi connectivity index (χ4v) is 1.95. The number of primary amides is 1. The van der Waals surface area contributed by atoms with Gasteiger partial charge in [0.1, 0.15) is 0 Å². The van der Waals surface area contributed by atoms with Crippen LogP contribution in [0.15, 0.2) is 54.6 Å². The molecule has 2 rings (SSSR count). The molecular weight excluding hydrogens is 290 g/mol. The number of rotatable bonds is 6. The predicted molar refractivity (Wildman–Crippen MR) is 91.5 cm³/mol. The first kappa shape index (κ1) is 16.5. The molecule has 0 radical (unpaired) electrons. The van der Waals surface area contributed by atoms with Gasteiger partial charge in [0.15, 0.2) is 0 Å². The summed E-state index contributed by atoms with van der Waals surface area (Å²) in [6.07, 6.45) is 0. The van der Waals surface area contributed by atoms with Gasteiger partial charge in [0.2, 0.25) is 5.91 Å². The van der Waals surface area contributed by atoms with Gasteiger partial charge in [-0.25, -0.2) is 0 Å². The normalized spacial score (nSPS) is 10.9. The molecule has 2 amide bonds. The van der Waals surface area contributed by atoms with E-state index in [0.717, 1.165) is 5.69 Å². The van der Waals surface area contributed by atoms with E-state index in [1.807, 2.05) is 42.5 Å². The summed E-state index contributed by atoms with van der Waals surface area (Å²) in [6, 6.07) is 16.8. The van der Waals surface area contributed by atoms with Gasteiger partial charge in [-0.05, 0) is 38.1 Å². The number of nitrogens with two attached hydrogens (primary N) is 1. The average molecular weight is 311 g/mol. The number of amides is 2. The van der Waals surface area contributed by atoms with Crippen molar-refractivity contribution in [2.45, 2.75) is 13.8 Å². The van der Waals surface area contributed by atoms with Crippen molar-refractivity contribution in [2.24, 2.45) is 11.1 Å². The molecular formula is C18H21N3O2. The Morgan fingerprint density at radius 3 is 2.26 bits per heavy atom. The lowest BCUT2D eigenvalue weighted by molar-refractivity contribution is -0.125. The molecule has 0 atom stereocenters. The largest absolute Gasteiger partial charge is 0.369 e. The number of carbonyl (C=O) groups excluding carboxylic acids is 2. The first-order chi connectivity index (χ1) is 10.9. The van der Waals surface area contributed by atoms with Gasteiger partial charge in [-0.1, -0.05) is 30.3 Å². The molecule has 0 aliphatic heterocycles. The third-order valence-corrected chi connectivity index (χ3v) is 3.58. The Hall–Kier alpha value is -2.82. The highest BCUT2D eigenvalue weighted by Gasteiger charge is 2.26. The summed E-state index contributed by atoms with van der Waals surface area (Å²) in [6.45, 7) is 3.58. The van der Waals surface area contributed by atoms with E-state index >= 15 is 0 Å². The molecule has 2 aromatic carbocycles. The second-order valence-corrected chi connectivity index (χ2v) is 5.97. The van der Waals surface area contributed by atoms with Crippen LogP contribution in [0.3, 0.4) is 0 Å². The zero-order valence-corrected chi connectivity index (χ0v) is 13.3. The van der Waals surface area contributed by atoms with Crippen LogP contribution in [0.2, 0.25) is 0 Å². The lowest BCUT2D eigenvalue weighted by atomic mass is 9.92. The lowest BCUT2D eigenvalue weighted by Gasteiger charge is -2.21. The number of anilines is 2. The van der Waals surface area contributed by atoms with Gasteiger partial charge in [-0.15, -0.1) is 0 Å². The first-order valence-electron chi connectivity index (χ1n) is 7.39. The molecule has 0 aromatic heterocycles. The van der Waals surface area contributed by atoms with Crippen LogP contribution in [0.25, 0.3) is 0 Å². The fourth-order valence-electron chi connectivity index (χ4n) is 1.95. The molecule has 23 heavy (non-hydrogen) atoms. The summed E-state index contributed by atoms with van der Waals surface area (Å²) >= 11 is 0. The van der Waals surface area contributed by atoms with Crippen LogP contribution in [0.1, 0.15) is 24.2 Å². The highest BCUT2D eigenvalue weighted by Crippen LogP contribution is 2.21. The molecule has 4 N–H and O–H groups in total. The Bertz CT molecular complexity index is 696. The maximum absolute atomic E-state index is 12.4. The lowest BCUT2D eigenvalue weighted by Crippen LogP contribution is -2.42. The number of para-hydroxylation sites is 2. The van der Waals surface area contributed by atoms with E-state index in [0.29, 0.717) is 11.3 Å². The molecule has 0 spiro atoms. The van der Waals surface area contributed by atoms with E-state index in [1.54, 1.807) is 26.0 Å². The molecule has 2 aromatic rings. The van der Waals surface area contributed by atoms with Gasteiger partial charge in [0, 0.05) is 12.2 Å². The standard InChI is InChI=1S/C18H21N3O2/c1-18(2,17(19)23)12-20-16(22)14-10-6-7-11-15(14)21-13-8-4-3-5-9-13/h3-11,21H,12H2,1-2H3,(H2,19,23)(H,20,22). The van der Waals surface area contributed by atoms with Crippen molar-refractivity contribution >= 4 is 23.2 Å². The van der Waals surface area contributed by atoms with Crippen molar-refractivity contribution in [3.63, 3.8) is 0 Å². The molecule has 0 heterocycles. The van der Waals surface area contributed by atoms with Gasteiger partial charge in [-0.2, -0.15) is 0 Å². The SMILES string of the molecule is CC(C)(CNC(=O)c1ccccc1Nc1ccccc1)C(N)=O. The molecule has 0 aliphatic carbocycles. The Balaban J connectivity index is 2.13. The smallest absolute Gasteiger partial charge is 0.253 e. The minimum atomic E-state index is -0.794. The quantitative estimate of drug-likeness (QED) is 0.767. The summed E-state index contributed by atoms with van der Waals surface area (Å²) in [5.74, 6) is -0.702. The molecule has 5 heteroatoms. The Labute approximate surface area is 135 Å². The van der Waals surface area contributed by atoms with Crippen LogP contribution < -0.4 is 16.4 Å². The summed E-state index contributed by atoms with van der Waals surface area (Å²) in [4.78, 5) is 23.8. The summed E-state index contributed by atoms with van der Waals surface area (Å²) in [7, 11) is 0. The highest BCUT2D eigenvalue weighted by atomic mass is 16.2. The van der Waals surface area contributed by atoms with Gasteiger partial charge in [0.25, 0.3) is 5.91 Å². The predicted octanol–water partition coefficient (Wildman–Crippen LogP) is 2.67. The minimum Gasteiger partial charge on any atom is -0.369 e. The number of benzene rings is 2. The van der Waals surface area contributed by atoms with E-state index in [4.69, 9.17) is 5.73 Å². The number of hydrogen-bond donors (Lipinski definition) is 3. The molecule has 0 fully saturated rings. The van der Waals surface area contributed by atoms with Crippen LogP contribution in [0, 0.1) is 5.41 Å². The average Bonchev–Trinajstić information content (AvgIpc) is 2.54. The molecule has 0 bridgehead atoms. The van der Waals surface area contributed by atoms with Crippen molar-refractivity contribution < 1.29 is 9.59 Å². The Kier molecular flexibility index (Phi) is 5.01. The molecule has 0 aliphatic rings. The molecule has 0 unspecified atom stereocenters. The van der Waals surface area contributed by atoms with E-state index in [-0.39, 0.29) is 12.5 Å². The van der Waals surface area contributed by atoms with E-state index < -0.39 is 11.3 Å². The van der Waals surface area contributed by atoms with Crippen LogP contribution in [0.4, 0.5) is 11.4 Å². The third-order valence-electron chi connectivity index (χ3n) is 3.58. The van der Waals surface area contributed by atoms with Crippen molar-refractivity contribution in [3.8, 4) is 0 Å². The van der Waals surface area contributed by atoms with Crippen LogP contribution in [0.5, 0.6) is 0 Å². The molecule has 5 nitrogen and oxygen atoms in total. The van der Waals surface area contributed by atoms with E-state index in [9.17, 15) is 9.59 Å². The maximum Gasteiger partial charge on any atom is 0.253 e. The Morgan fingerprint density at radius 1 is 1.00 bits per heavy atom. The van der Waals surface area contributed by atoms with Crippen LogP contribution >= 0.6 is 0 Å². The zero-order valence-electron chi connectivity index (χ0n) is 13.3. The number of carbonyl (C=O) groups is 2. The van der Waals surface area contributed by atoms with Crippen LogP contribution in [-0.2, 0) is 4.79 Å². The fraction of sp³-hybridized carbons (Fsp3) is 0.222. The topological polar surface area (TPSA) is 84.2 Å². The molecule has 0 saturated carbocycles. The molecule has 0 saturated heterocycles. The van der Waals surface area contributed by atoms with Crippen molar-refractivity contribution in [1.29, 1.82) is 0 Å². The van der Waals surface area contributed by atoms with E-state index in [2.05, 4.69) is 10.6 Å². The van der Waals surface area contributed by atoms with Crippen molar-refractivity contribution in [1.82, 2.24) is 5.32 Å². The second kappa shape index (κ2) is 6.96. The molecule has 120 valence electrons. The monoisotopic (exact) mass is 311 g/mol. The van der Waals surface area contributed by atoms with Crippen molar-refractivity contribution in [3.05, 3.63) is 60.2 Å².